The summed E-state index contributed by atoms with van der Waals surface area (Å²) >= 11 is 0. The van der Waals surface area contributed by atoms with Crippen molar-refractivity contribution in [3.8, 4) is 0 Å². The molecule has 0 spiro atoms. The van der Waals surface area contributed by atoms with E-state index in [1.165, 1.54) is 7.11 Å². The van der Waals surface area contributed by atoms with E-state index >= 15 is 0 Å². The summed E-state index contributed by atoms with van der Waals surface area (Å²) in [5, 5.41) is 0. The lowest BCUT2D eigenvalue weighted by Gasteiger charge is -2.23. The van der Waals surface area contributed by atoms with E-state index in [4.69, 9.17) is 0 Å². The number of rotatable bonds is 4. The topological polar surface area (TPSA) is 29.5 Å². The average molecular weight is 211 g/mol. The van der Waals surface area contributed by atoms with Crippen LogP contribution in [0.5, 0.6) is 0 Å². The number of carbonyl (C=O) groups is 1. The predicted octanol–water partition coefficient (Wildman–Crippen LogP) is 1.19. The zero-order valence-corrected chi connectivity index (χ0v) is 7.80. The summed E-state index contributed by atoms with van der Waals surface area (Å²) in [4.78, 5) is 12.1. The fourth-order valence-corrected chi connectivity index (χ4v) is 1.21. The Morgan fingerprint density at radius 2 is 2.07 bits per heavy atom. The van der Waals surface area contributed by atoms with E-state index in [0.717, 1.165) is 4.90 Å². The molecule has 1 amide bonds. The van der Waals surface area contributed by atoms with Crippen molar-refractivity contribution in [2.75, 3.05) is 20.3 Å². The minimum Gasteiger partial charge on any atom is -0.375 e. The van der Waals surface area contributed by atoms with Gasteiger partial charge in [-0.3, -0.25) is 4.79 Å². The van der Waals surface area contributed by atoms with E-state index in [0.29, 0.717) is 12.8 Å². The third-order valence-corrected chi connectivity index (χ3v) is 1.93. The van der Waals surface area contributed by atoms with E-state index < -0.39 is 18.6 Å². The molecular formula is C8H12F3NO2. The second-order valence-electron chi connectivity index (χ2n) is 3.30. The number of halogens is 3. The fourth-order valence-electron chi connectivity index (χ4n) is 1.21. The first-order valence-electron chi connectivity index (χ1n) is 4.29. The zero-order valence-electron chi connectivity index (χ0n) is 7.80. The van der Waals surface area contributed by atoms with Crippen LogP contribution in [0.4, 0.5) is 13.2 Å². The molecule has 1 aliphatic rings. The van der Waals surface area contributed by atoms with Gasteiger partial charge in [-0.2, -0.15) is 13.2 Å². The van der Waals surface area contributed by atoms with Crippen LogP contribution in [0, 0.1) is 0 Å². The number of methoxy groups -OCH3 is 1. The number of hydrogen-bond donors (Lipinski definition) is 0. The van der Waals surface area contributed by atoms with E-state index in [-0.39, 0.29) is 12.6 Å². The number of amides is 1. The van der Waals surface area contributed by atoms with Crippen LogP contribution in [0.15, 0.2) is 0 Å². The SMILES string of the molecule is COCC(=O)N(CC(F)(F)F)C1CC1. The van der Waals surface area contributed by atoms with Crippen LogP contribution in [0.25, 0.3) is 0 Å². The Morgan fingerprint density at radius 3 is 2.43 bits per heavy atom. The molecule has 0 radical (unpaired) electrons. The van der Waals surface area contributed by atoms with Gasteiger partial charge in [0.15, 0.2) is 0 Å². The molecule has 0 heterocycles. The maximum Gasteiger partial charge on any atom is 0.406 e. The van der Waals surface area contributed by atoms with Gasteiger partial charge in [-0.1, -0.05) is 0 Å². The van der Waals surface area contributed by atoms with Crippen molar-refractivity contribution < 1.29 is 22.7 Å². The van der Waals surface area contributed by atoms with Gasteiger partial charge in [0, 0.05) is 13.2 Å². The van der Waals surface area contributed by atoms with Gasteiger partial charge in [0.2, 0.25) is 5.91 Å². The standard InChI is InChI=1S/C8H12F3NO2/c1-14-4-7(13)12(6-2-3-6)5-8(9,10)11/h6H,2-5H2,1H3. The van der Waals surface area contributed by atoms with Gasteiger partial charge in [-0.05, 0) is 12.8 Å². The quantitative estimate of drug-likeness (QED) is 0.699. The molecule has 0 N–H and O–H groups in total. The van der Waals surface area contributed by atoms with Gasteiger partial charge in [0.25, 0.3) is 0 Å². The van der Waals surface area contributed by atoms with Crippen molar-refractivity contribution in [1.82, 2.24) is 4.90 Å². The first kappa shape index (κ1) is 11.3. The van der Waals surface area contributed by atoms with E-state index in [2.05, 4.69) is 4.74 Å². The highest BCUT2D eigenvalue weighted by molar-refractivity contribution is 5.78. The van der Waals surface area contributed by atoms with Gasteiger partial charge in [-0.15, -0.1) is 0 Å². The molecule has 0 aromatic rings. The van der Waals surface area contributed by atoms with Crippen LogP contribution >= 0.6 is 0 Å². The highest BCUT2D eigenvalue weighted by Crippen LogP contribution is 2.30. The highest BCUT2D eigenvalue weighted by atomic mass is 19.4. The molecule has 0 saturated heterocycles. The average Bonchev–Trinajstić information content (AvgIpc) is 2.81. The number of hydrogen-bond acceptors (Lipinski definition) is 2. The van der Waals surface area contributed by atoms with E-state index in [9.17, 15) is 18.0 Å². The fraction of sp³-hybridized carbons (Fsp3) is 0.875. The molecule has 0 atom stereocenters. The summed E-state index contributed by atoms with van der Waals surface area (Å²) < 4.78 is 40.7. The first-order valence-corrected chi connectivity index (χ1v) is 4.29. The third kappa shape index (κ3) is 3.53. The van der Waals surface area contributed by atoms with Gasteiger partial charge >= 0.3 is 6.18 Å². The van der Waals surface area contributed by atoms with Crippen LogP contribution in [0.1, 0.15) is 12.8 Å². The minimum absolute atomic E-state index is 0.237. The summed E-state index contributed by atoms with van der Waals surface area (Å²) in [5.74, 6) is -0.590. The Kier molecular flexibility index (Phi) is 3.36. The maximum absolute atomic E-state index is 12.1. The van der Waals surface area contributed by atoms with Crippen LogP contribution in [0.2, 0.25) is 0 Å². The Labute approximate surface area is 79.8 Å². The lowest BCUT2D eigenvalue weighted by Crippen LogP contribution is -2.42. The molecule has 0 bridgehead atoms. The van der Waals surface area contributed by atoms with Crippen molar-refractivity contribution in [3.05, 3.63) is 0 Å². The molecule has 1 aliphatic carbocycles. The molecule has 1 fully saturated rings. The predicted molar refractivity (Wildman–Crippen MR) is 42.7 cm³/mol. The molecule has 1 rings (SSSR count). The molecule has 82 valence electrons. The normalized spacial score (nSPS) is 16.9. The van der Waals surface area contributed by atoms with Crippen LogP contribution in [0.3, 0.4) is 0 Å². The van der Waals surface area contributed by atoms with Gasteiger partial charge in [0.05, 0.1) is 0 Å². The first-order chi connectivity index (χ1) is 6.44. The largest absolute Gasteiger partial charge is 0.406 e. The third-order valence-electron chi connectivity index (χ3n) is 1.93. The van der Waals surface area contributed by atoms with E-state index in [1.54, 1.807) is 0 Å². The molecule has 6 heteroatoms. The van der Waals surface area contributed by atoms with Crippen LogP contribution < -0.4 is 0 Å². The monoisotopic (exact) mass is 211 g/mol. The molecule has 0 aromatic heterocycles. The molecular weight excluding hydrogens is 199 g/mol. The Balaban J connectivity index is 2.51. The van der Waals surface area contributed by atoms with Gasteiger partial charge < -0.3 is 9.64 Å². The Hall–Kier alpha value is -0.780. The minimum atomic E-state index is -4.33. The highest BCUT2D eigenvalue weighted by Gasteiger charge is 2.40. The van der Waals surface area contributed by atoms with E-state index in [1.807, 2.05) is 0 Å². The summed E-state index contributed by atoms with van der Waals surface area (Å²) in [5.41, 5.74) is 0. The van der Waals surface area contributed by atoms with Crippen LogP contribution in [-0.2, 0) is 9.53 Å². The molecule has 0 unspecified atom stereocenters. The molecule has 0 aromatic carbocycles. The summed E-state index contributed by atoms with van der Waals surface area (Å²) in [6.45, 7) is -1.45. The lowest BCUT2D eigenvalue weighted by atomic mass is 10.4. The second kappa shape index (κ2) is 4.16. The van der Waals surface area contributed by atoms with Gasteiger partial charge in [0.1, 0.15) is 13.2 Å². The molecule has 14 heavy (non-hydrogen) atoms. The Morgan fingerprint density at radius 1 is 1.50 bits per heavy atom. The van der Waals surface area contributed by atoms with Crippen molar-refractivity contribution in [2.24, 2.45) is 0 Å². The molecule has 0 aliphatic heterocycles. The maximum atomic E-state index is 12.1. The van der Waals surface area contributed by atoms with Crippen molar-refractivity contribution in [3.63, 3.8) is 0 Å². The number of alkyl halides is 3. The number of carbonyl (C=O) groups excluding carboxylic acids is 1. The summed E-state index contributed by atoms with van der Waals surface area (Å²) in [7, 11) is 1.29. The number of nitrogens with zero attached hydrogens (tertiary/aromatic N) is 1. The van der Waals surface area contributed by atoms with Crippen LogP contribution in [-0.4, -0.2) is 43.3 Å². The second-order valence-corrected chi connectivity index (χ2v) is 3.30. The smallest absolute Gasteiger partial charge is 0.375 e. The Bertz CT molecular complexity index is 213. The lowest BCUT2D eigenvalue weighted by molar-refractivity contribution is -0.164. The van der Waals surface area contributed by atoms with Gasteiger partial charge in [-0.25, -0.2) is 0 Å². The van der Waals surface area contributed by atoms with Crippen molar-refractivity contribution in [1.29, 1.82) is 0 Å². The summed E-state index contributed by atoms with van der Waals surface area (Å²) in [6.07, 6.45) is -3.01. The zero-order chi connectivity index (χ0) is 10.8. The number of ether oxygens (including phenoxy) is 1. The van der Waals surface area contributed by atoms with Crippen molar-refractivity contribution in [2.45, 2.75) is 25.1 Å². The van der Waals surface area contributed by atoms with Crippen molar-refractivity contribution >= 4 is 5.91 Å². The molecule has 1 saturated carbocycles. The summed E-state index contributed by atoms with van der Waals surface area (Å²) in [6, 6.07) is -0.237. The molecule has 3 nitrogen and oxygen atoms in total.